The summed E-state index contributed by atoms with van der Waals surface area (Å²) in [5, 5.41) is 13.9. The molecular weight excluding hydrogens is 499 g/mol. The van der Waals surface area contributed by atoms with Gasteiger partial charge in [-0.25, -0.2) is 17.6 Å². The number of aliphatic hydroxyl groups excluding tert-OH is 1. The van der Waals surface area contributed by atoms with Crippen molar-refractivity contribution in [3.63, 3.8) is 0 Å². The number of sulfonamides is 1. The summed E-state index contributed by atoms with van der Waals surface area (Å²) in [4.78, 5) is 17.9. The van der Waals surface area contributed by atoms with Gasteiger partial charge in [-0.05, 0) is 49.6 Å². The maximum Gasteiger partial charge on any atom is 0.321 e. The van der Waals surface area contributed by atoms with E-state index in [2.05, 4.69) is 10.3 Å². The van der Waals surface area contributed by atoms with Gasteiger partial charge in [-0.3, -0.25) is 0 Å². The maximum absolute atomic E-state index is 14.1. The fraction of sp³-hybridized carbons (Fsp3) is 0.423. The number of urea groups is 1. The van der Waals surface area contributed by atoms with Crippen LogP contribution in [0.1, 0.15) is 37.1 Å². The third-order valence-electron chi connectivity index (χ3n) is 7.72. The number of H-pyrrole nitrogens is 1. The van der Waals surface area contributed by atoms with Gasteiger partial charge >= 0.3 is 6.03 Å². The molecule has 2 aliphatic heterocycles. The standard InChI is InChI=1S/C26H31FN4O5S/c1-3-37(34,35)31-16-26(10-12-30(13-11-26)25(33)29-20-7-5-4-6-19(20)27)23-18-9-8-17(36-2)14-21(18)28-24(23)22(31)15-32/h4-9,14,22,28,32H,3,10-13,15-16H2,1-2H3,(H,29,33)/t22-/m0/s1. The van der Waals surface area contributed by atoms with E-state index >= 15 is 0 Å². The molecule has 0 unspecified atom stereocenters. The van der Waals surface area contributed by atoms with Crippen molar-refractivity contribution in [2.45, 2.75) is 31.2 Å². The number of nitrogens with one attached hydrogen (secondary N) is 2. The Bertz CT molecular complexity index is 1430. The summed E-state index contributed by atoms with van der Waals surface area (Å²) < 4.78 is 47.2. The van der Waals surface area contributed by atoms with Crippen LogP contribution in [-0.2, 0) is 15.4 Å². The predicted molar refractivity (Wildman–Crippen MR) is 139 cm³/mol. The molecule has 1 spiro atoms. The minimum atomic E-state index is -3.63. The molecule has 1 fully saturated rings. The second kappa shape index (κ2) is 9.62. The first-order valence-electron chi connectivity index (χ1n) is 12.3. The second-order valence-electron chi connectivity index (χ2n) is 9.65. The molecule has 3 aromatic rings. The van der Waals surface area contributed by atoms with Gasteiger partial charge in [-0.2, -0.15) is 4.31 Å². The minimum absolute atomic E-state index is 0.0832. The van der Waals surface area contributed by atoms with Gasteiger partial charge < -0.3 is 25.0 Å². The second-order valence-corrected chi connectivity index (χ2v) is 11.9. The number of carbonyl (C=O) groups is 1. The number of methoxy groups -OCH3 is 1. The number of hydrogen-bond donors (Lipinski definition) is 3. The average Bonchev–Trinajstić information content (AvgIpc) is 3.30. The summed E-state index contributed by atoms with van der Waals surface area (Å²) in [5.74, 6) is 0.0736. The zero-order valence-electron chi connectivity index (χ0n) is 20.8. The Morgan fingerprint density at radius 2 is 1.97 bits per heavy atom. The lowest BCUT2D eigenvalue weighted by molar-refractivity contribution is 0.107. The van der Waals surface area contributed by atoms with Crippen LogP contribution in [-0.4, -0.2) is 72.8 Å². The van der Waals surface area contributed by atoms with Crippen LogP contribution in [0.25, 0.3) is 10.9 Å². The van der Waals surface area contributed by atoms with Gasteiger partial charge in [-0.15, -0.1) is 0 Å². The number of amides is 2. The van der Waals surface area contributed by atoms with Crippen LogP contribution in [0.5, 0.6) is 5.75 Å². The van der Waals surface area contributed by atoms with Crippen LogP contribution in [0, 0.1) is 5.82 Å². The van der Waals surface area contributed by atoms with Gasteiger partial charge in [0.15, 0.2) is 0 Å². The van der Waals surface area contributed by atoms with Crippen molar-refractivity contribution >= 4 is 32.6 Å². The summed E-state index contributed by atoms with van der Waals surface area (Å²) in [6.45, 7) is 2.18. The Balaban J connectivity index is 1.52. The number of aliphatic hydroxyl groups is 1. The number of piperidine rings is 1. The number of anilines is 1. The highest BCUT2D eigenvalue weighted by atomic mass is 32.2. The van der Waals surface area contributed by atoms with Crippen molar-refractivity contribution in [1.82, 2.24) is 14.2 Å². The molecule has 1 aromatic heterocycles. The molecule has 3 heterocycles. The maximum atomic E-state index is 14.1. The quantitative estimate of drug-likeness (QED) is 0.467. The number of ether oxygens (including phenoxy) is 1. The van der Waals surface area contributed by atoms with Gasteiger partial charge in [0.25, 0.3) is 0 Å². The number of halogens is 1. The molecule has 0 bridgehead atoms. The van der Waals surface area contributed by atoms with E-state index in [-0.39, 0.29) is 24.6 Å². The van der Waals surface area contributed by atoms with E-state index in [1.165, 1.54) is 16.4 Å². The predicted octanol–water partition coefficient (Wildman–Crippen LogP) is 3.58. The normalized spacial score (nSPS) is 19.7. The number of benzene rings is 2. The molecule has 9 nitrogen and oxygen atoms in total. The molecule has 0 radical (unpaired) electrons. The first-order valence-corrected chi connectivity index (χ1v) is 13.9. The van der Waals surface area contributed by atoms with Gasteiger partial charge in [-0.1, -0.05) is 12.1 Å². The van der Waals surface area contributed by atoms with E-state index in [9.17, 15) is 22.7 Å². The third kappa shape index (κ3) is 4.34. The molecule has 1 atom stereocenters. The van der Waals surface area contributed by atoms with Gasteiger partial charge in [0.1, 0.15) is 11.6 Å². The Hall–Kier alpha value is -3.15. The molecular formula is C26H31FN4O5S. The van der Waals surface area contributed by atoms with E-state index in [1.807, 2.05) is 18.2 Å². The summed E-state index contributed by atoms with van der Waals surface area (Å²) in [6.07, 6.45) is 1.02. The summed E-state index contributed by atoms with van der Waals surface area (Å²) in [5.41, 5.74) is 2.02. The lowest BCUT2D eigenvalue weighted by atomic mass is 9.69. The number of hydrogen-bond acceptors (Lipinski definition) is 5. The topological polar surface area (TPSA) is 115 Å². The first-order chi connectivity index (χ1) is 17.7. The highest BCUT2D eigenvalue weighted by Crippen LogP contribution is 2.49. The molecule has 3 N–H and O–H groups in total. The molecule has 0 saturated carbocycles. The zero-order chi connectivity index (χ0) is 26.4. The fourth-order valence-corrected chi connectivity index (χ4v) is 7.06. The fourth-order valence-electron chi connectivity index (χ4n) is 5.72. The highest BCUT2D eigenvalue weighted by Gasteiger charge is 2.50. The van der Waals surface area contributed by atoms with E-state index in [1.54, 1.807) is 31.1 Å². The number of rotatable bonds is 5. The molecule has 0 aliphatic carbocycles. The molecule has 2 aliphatic rings. The van der Waals surface area contributed by atoms with Gasteiger partial charge in [0.2, 0.25) is 10.0 Å². The zero-order valence-corrected chi connectivity index (χ0v) is 21.6. The average molecular weight is 531 g/mol. The van der Waals surface area contributed by atoms with Gasteiger partial charge in [0, 0.05) is 47.7 Å². The smallest absolute Gasteiger partial charge is 0.321 e. The van der Waals surface area contributed by atoms with E-state index < -0.39 is 33.3 Å². The number of fused-ring (bicyclic) bond motifs is 4. The molecule has 5 rings (SSSR count). The Labute approximate surface area is 215 Å². The third-order valence-corrected chi connectivity index (χ3v) is 9.55. The number of likely N-dealkylation sites (tertiary alicyclic amines) is 1. The van der Waals surface area contributed by atoms with Crippen LogP contribution < -0.4 is 10.1 Å². The van der Waals surface area contributed by atoms with Crippen LogP contribution in [0.4, 0.5) is 14.9 Å². The Kier molecular flexibility index (Phi) is 6.63. The van der Waals surface area contributed by atoms with Crippen molar-refractivity contribution < 1.29 is 27.4 Å². The van der Waals surface area contributed by atoms with Crippen LogP contribution in [0.15, 0.2) is 42.5 Å². The van der Waals surface area contributed by atoms with E-state index in [4.69, 9.17) is 4.74 Å². The number of nitrogens with zero attached hydrogens (tertiary/aromatic N) is 2. The highest BCUT2D eigenvalue weighted by molar-refractivity contribution is 7.89. The number of aromatic amines is 1. The van der Waals surface area contributed by atoms with E-state index in [0.29, 0.717) is 37.4 Å². The monoisotopic (exact) mass is 530 g/mol. The lowest BCUT2D eigenvalue weighted by Crippen LogP contribution is -2.56. The number of para-hydroxylation sites is 1. The Morgan fingerprint density at radius 1 is 1.24 bits per heavy atom. The van der Waals surface area contributed by atoms with Crippen molar-refractivity contribution in [3.05, 3.63) is 59.5 Å². The van der Waals surface area contributed by atoms with E-state index in [0.717, 1.165) is 16.5 Å². The van der Waals surface area contributed by atoms with Crippen LogP contribution >= 0.6 is 0 Å². The molecule has 2 amide bonds. The molecule has 1 saturated heterocycles. The largest absolute Gasteiger partial charge is 0.497 e. The number of aromatic nitrogens is 1. The van der Waals surface area contributed by atoms with Crippen molar-refractivity contribution in [3.8, 4) is 5.75 Å². The SMILES string of the molecule is CCS(=O)(=O)N1CC2(CCN(C(=O)Nc3ccccc3F)CC2)c2c([nH]c3cc(OC)ccc23)[C@@H]1CO. The molecule has 37 heavy (non-hydrogen) atoms. The first kappa shape index (κ1) is 25.5. The number of carbonyl (C=O) groups excluding carboxylic acids is 1. The van der Waals surface area contributed by atoms with Crippen LogP contribution in [0.2, 0.25) is 0 Å². The lowest BCUT2D eigenvalue weighted by Gasteiger charge is -2.49. The Morgan fingerprint density at radius 3 is 2.62 bits per heavy atom. The summed E-state index contributed by atoms with van der Waals surface area (Å²) in [7, 11) is -2.05. The molecule has 11 heteroatoms. The summed E-state index contributed by atoms with van der Waals surface area (Å²) in [6, 6.07) is 10.6. The summed E-state index contributed by atoms with van der Waals surface area (Å²) >= 11 is 0. The molecule has 198 valence electrons. The van der Waals surface area contributed by atoms with Crippen molar-refractivity contribution in [1.29, 1.82) is 0 Å². The van der Waals surface area contributed by atoms with Crippen molar-refractivity contribution in [2.24, 2.45) is 0 Å². The van der Waals surface area contributed by atoms with Crippen LogP contribution in [0.3, 0.4) is 0 Å². The van der Waals surface area contributed by atoms with Gasteiger partial charge in [0.05, 0.1) is 31.2 Å². The minimum Gasteiger partial charge on any atom is -0.497 e. The molecule has 2 aromatic carbocycles. The van der Waals surface area contributed by atoms with Crippen molar-refractivity contribution in [2.75, 3.05) is 44.4 Å².